The van der Waals surface area contributed by atoms with E-state index in [1.165, 1.54) is 23.5 Å². The molecule has 15 heteroatoms. The molecule has 0 saturated carbocycles. The van der Waals surface area contributed by atoms with Crippen LogP contribution in [0.5, 0.6) is 0 Å². The third-order valence-electron chi connectivity index (χ3n) is 8.00. The Bertz CT molecular complexity index is 1610. The Hall–Kier alpha value is -3.33. The Balaban J connectivity index is 1.26. The van der Waals surface area contributed by atoms with Crippen LogP contribution in [0, 0.1) is 0 Å². The zero-order valence-electron chi connectivity index (χ0n) is 24.4. The molecule has 0 spiro atoms. The molecule has 5 rings (SSSR count). The second-order valence-corrected chi connectivity index (χ2v) is 13.2. The molecule has 0 bridgehead atoms. The molecular formula is C29H34ClF3N6O4S. The lowest BCUT2D eigenvalue weighted by Crippen LogP contribution is -2.47. The highest BCUT2D eigenvalue weighted by molar-refractivity contribution is 7.88. The molecule has 1 fully saturated rings. The van der Waals surface area contributed by atoms with E-state index in [-0.39, 0.29) is 6.54 Å². The maximum absolute atomic E-state index is 13.2. The number of carbonyl (C=O) groups is 1. The number of para-hydroxylation sites is 1. The number of anilines is 2. The van der Waals surface area contributed by atoms with Crippen LogP contribution in [0.15, 0.2) is 42.5 Å². The van der Waals surface area contributed by atoms with E-state index in [0.717, 1.165) is 61.4 Å². The maximum Gasteiger partial charge on any atom is 0.416 e. The number of ether oxygens (including phenoxy) is 1. The lowest BCUT2D eigenvalue weighted by atomic mass is 10.0. The van der Waals surface area contributed by atoms with Gasteiger partial charge in [-0.2, -0.15) is 22.6 Å². The molecule has 44 heavy (non-hydrogen) atoms. The molecular weight excluding hydrogens is 621 g/mol. The van der Waals surface area contributed by atoms with E-state index < -0.39 is 27.9 Å². The molecule has 238 valence electrons. The fraction of sp³-hybridized carbons (Fsp3) is 0.448. The van der Waals surface area contributed by atoms with Crippen molar-refractivity contribution in [1.82, 2.24) is 19.0 Å². The number of benzene rings is 2. The van der Waals surface area contributed by atoms with Crippen LogP contribution in [0.25, 0.3) is 11.3 Å². The van der Waals surface area contributed by atoms with Crippen molar-refractivity contribution in [3.8, 4) is 11.3 Å². The lowest BCUT2D eigenvalue weighted by Gasteiger charge is -2.37. The maximum atomic E-state index is 13.2. The zero-order chi connectivity index (χ0) is 31.6. The minimum atomic E-state index is -4.45. The number of piperazine rings is 1. The quantitative estimate of drug-likeness (QED) is 0.368. The van der Waals surface area contributed by atoms with E-state index in [1.807, 2.05) is 4.68 Å². The van der Waals surface area contributed by atoms with Crippen molar-refractivity contribution in [2.75, 3.05) is 62.9 Å². The van der Waals surface area contributed by atoms with E-state index >= 15 is 0 Å². The Labute approximate surface area is 259 Å². The Morgan fingerprint density at radius 1 is 1.05 bits per heavy atom. The topological polar surface area (TPSA) is 100 Å². The standard InChI is InChI=1S/C29H34ClF3N6O4S/c1-43-28(40)34-24-6-3-5-23(30)27(24)37-17-15-36(16-18-37)12-4-13-39-25-11-14-38(44(2,41)42)19-22(25)26(35-39)20-7-9-21(10-8-20)29(31,32)33/h3,5-10H,4,11-19H2,1-2H3,(H,34,40). The van der Waals surface area contributed by atoms with Gasteiger partial charge in [0, 0.05) is 75.6 Å². The van der Waals surface area contributed by atoms with Crippen LogP contribution in [-0.2, 0) is 40.4 Å². The molecule has 2 aliphatic rings. The van der Waals surface area contributed by atoms with Crippen LogP contribution in [-0.4, -0.2) is 86.1 Å². The first-order chi connectivity index (χ1) is 20.8. The van der Waals surface area contributed by atoms with Crippen LogP contribution < -0.4 is 10.2 Å². The predicted molar refractivity (Wildman–Crippen MR) is 162 cm³/mol. The number of carbonyl (C=O) groups excluding carboxylic acids is 1. The first-order valence-corrected chi connectivity index (χ1v) is 16.4. The van der Waals surface area contributed by atoms with Gasteiger partial charge in [-0.05, 0) is 30.7 Å². The summed E-state index contributed by atoms with van der Waals surface area (Å²) < 4.78 is 72.0. The van der Waals surface area contributed by atoms with Crippen LogP contribution in [0.3, 0.4) is 0 Å². The normalized spacial score (nSPS) is 16.5. The smallest absolute Gasteiger partial charge is 0.416 e. The van der Waals surface area contributed by atoms with E-state index in [9.17, 15) is 26.4 Å². The number of nitrogens with one attached hydrogen (secondary N) is 1. The Morgan fingerprint density at radius 2 is 1.75 bits per heavy atom. The first-order valence-electron chi connectivity index (χ1n) is 14.2. The van der Waals surface area contributed by atoms with E-state index in [2.05, 4.69) is 15.1 Å². The summed E-state index contributed by atoms with van der Waals surface area (Å²) in [6, 6.07) is 10.2. The number of aryl methyl sites for hydroxylation is 1. The van der Waals surface area contributed by atoms with E-state index in [4.69, 9.17) is 21.4 Å². The van der Waals surface area contributed by atoms with Gasteiger partial charge in [0.1, 0.15) is 0 Å². The molecule has 1 amide bonds. The number of fused-ring (bicyclic) bond motifs is 1. The summed E-state index contributed by atoms with van der Waals surface area (Å²) in [6.45, 7) is 4.79. The Kier molecular flexibility index (Phi) is 9.44. The van der Waals surface area contributed by atoms with E-state index in [0.29, 0.717) is 54.6 Å². The van der Waals surface area contributed by atoms with Crippen molar-refractivity contribution in [3.05, 3.63) is 64.3 Å². The molecule has 2 aliphatic heterocycles. The average molecular weight is 655 g/mol. The summed E-state index contributed by atoms with van der Waals surface area (Å²) in [5, 5.41) is 8.04. The lowest BCUT2D eigenvalue weighted by molar-refractivity contribution is -0.137. The number of hydrogen-bond donors (Lipinski definition) is 1. The summed E-state index contributed by atoms with van der Waals surface area (Å²) in [7, 11) is -2.15. The fourth-order valence-corrected chi connectivity index (χ4v) is 6.80. The molecule has 1 saturated heterocycles. The van der Waals surface area contributed by atoms with Gasteiger partial charge in [0.15, 0.2) is 0 Å². The minimum absolute atomic E-state index is 0.126. The first kappa shape index (κ1) is 32.1. The highest BCUT2D eigenvalue weighted by atomic mass is 35.5. The summed E-state index contributed by atoms with van der Waals surface area (Å²) in [6.07, 6.45) is -2.63. The van der Waals surface area contributed by atoms with Gasteiger partial charge in [0.05, 0.1) is 41.0 Å². The molecule has 1 N–H and O–H groups in total. The summed E-state index contributed by atoms with van der Waals surface area (Å²) in [5.74, 6) is 0. The number of rotatable bonds is 8. The van der Waals surface area contributed by atoms with Crippen LogP contribution in [0.2, 0.25) is 5.02 Å². The van der Waals surface area contributed by atoms with Crippen LogP contribution >= 0.6 is 11.6 Å². The molecule has 2 aromatic carbocycles. The van der Waals surface area contributed by atoms with Crippen molar-refractivity contribution >= 4 is 39.1 Å². The number of sulfonamides is 1. The number of halogens is 4. The fourth-order valence-electron chi connectivity index (χ4n) is 5.72. The molecule has 1 aromatic heterocycles. The molecule has 0 radical (unpaired) electrons. The molecule has 0 unspecified atom stereocenters. The highest BCUT2D eigenvalue weighted by Gasteiger charge is 2.32. The average Bonchev–Trinajstić information content (AvgIpc) is 3.35. The number of methoxy groups -OCH3 is 1. The van der Waals surface area contributed by atoms with Crippen molar-refractivity contribution in [1.29, 1.82) is 0 Å². The third-order valence-corrected chi connectivity index (χ3v) is 9.55. The second-order valence-electron chi connectivity index (χ2n) is 10.9. The third kappa shape index (κ3) is 7.14. The van der Waals surface area contributed by atoms with Gasteiger partial charge in [-0.25, -0.2) is 13.2 Å². The Morgan fingerprint density at radius 3 is 2.39 bits per heavy atom. The SMILES string of the molecule is COC(=O)Nc1cccc(Cl)c1N1CCN(CCCn2nc(-c3ccc(C(F)(F)F)cc3)c3c2CCN(S(C)(=O)=O)C3)CC1. The summed E-state index contributed by atoms with van der Waals surface area (Å²) in [5.41, 5.74) is 3.24. The van der Waals surface area contributed by atoms with Crippen LogP contribution in [0.1, 0.15) is 23.2 Å². The van der Waals surface area contributed by atoms with Crippen molar-refractivity contribution in [2.45, 2.75) is 32.1 Å². The van der Waals surface area contributed by atoms with Gasteiger partial charge < -0.3 is 9.64 Å². The molecule has 0 aliphatic carbocycles. The molecule has 0 atom stereocenters. The number of hydrogen-bond acceptors (Lipinski definition) is 7. The monoisotopic (exact) mass is 654 g/mol. The van der Waals surface area contributed by atoms with E-state index in [1.54, 1.807) is 18.2 Å². The summed E-state index contributed by atoms with van der Waals surface area (Å²) >= 11 is 6.50. The molecule has 10 nitrogen and oxygen atoms in total. The van der Waals surface area contributed by atoms with Crippen LogP contribution in [0.4, 0.5) is 29.3 Å². The van der Waals surface area contributed by atoms with Gasteiger partial charge in [-0.3, -0.25) is 14.9 Å². The highest BCUT2D eigenvalue weighted by Crippen LogP contribution is 2.36. The van der Waals surface area contributed by atoms with Crippen molar-refractivity contribution in [2.24, 2.45) is 0 Å². The zero-order valence-corrected chi connectivity index (χ0v) is 26.0. The van der Waals surface area contributed by atoms with Crippen molar-refractivity contribution in [3.63, 3.8) is 0 Å². The minimum Gasteiger partial charge on any atom is -0.453 e. The number of alkyl halides is 3. The molecule has 3 heterocycles. The predicted octanol–water partition coefficient (Wildman–Crippen LogP) is 4.93. The van der Waals surface area contributed by atoms with Gasteiger partial charge in [0.2, 0.25) is 10.0 Å². The van der Waals surface area contributed by atoms with Gasteiger partial charge in [-0.1, -0.05) is 29.8 Å². The van der Waals surface area contributed by atoms with Gasteiger partial charge in [0.25, 0.3) is 0 Å². The van der Waals surface area contributed by atoms with Gasteiger partial charge >= 0.3 is 12.3 Å². The molecule has 3 aromatic rings. The number of amides is 1. The largest absolute Gasteiger partial charge is 0.453 e. The van der Waals surface area contributed by atoms with Crippen molar-refractivity contribution < 1.29 is 31.1 Å². The number of nitrogens with zero attached hydrogens (tertiary/aromatic N) is 5. The second kappa shape index (κ2) is 13.0. The summed E-state index contributed by atoms with van der Waals surface area (Å²) in [4.78, 5) is 16.3. The number of aromatic nitrogens is 2. The van der Waals surface area contributed by atoms with Gasteiger partial charge in [-0.15, -0.1) is 0 Å².